The number of carbonyl (C=O) groups is 2. The van der Waals surface area contributed by atoms with Crippen LogP contribution in [0.4, 0.5) is 0 Å². The first-order chi connectivity index (χ1) is 5.99. The number of rotatable bonds is 2. The van der Waals surface area contributed by atoms with Gasteiger partial charge in [0, 0.05) is 10.1 Å². The summed E-state index contributed by atoms with van der Waals surface area (Å²) in [6, 6.07) is 0. The SMILES string of the molecule is CC1(C(=O)O)CCC(Br)=C(C=O)C1. The molecule has 1 aliphatic carbocycles. The predicted molar refractivity (Wildman–Crippen MR) is 51.6 cm³/mol. The van der Waals surface area contributed by atoms with E-state index in [1.165, 1.54) is 0 Å². The van der Waals surface area contributed by atoms with E-state index in [1.807, 2.05) is 0 Å². The van der Waals surface area contributed by atoms with Crippen LogP contribution in [0, 0.1) is 5.41 Å². The van der Waals surface area contributed by atoms with Gasteiger partial charge in [0.05, 0.1) is 5.41 Å². The lowest BCUT2D eigenvalue weighted by Crippen LogP contribution is -2.30. The second kappa shape index (κ2) is 3.62. The largest absolute Gasteiger partial charge is 0.481 e. The van der Waals surface area contributed by atoms with Gasteiger partial charge in [0.2, 0.25) is 0 Å². The van der Waals surface area contributed by atoms with E-state index >= 15 is 0 Å². The summed E-state index contributed by atoms with van der Waals surface area (Å²) in [6.07, 6.45) is 2.29. The maximum Gasteiger partial charge on any atom is 0.309 e. The third kappa shape index (κ3) is 1.99. The van der Waals surface area contributed by atoms with Gasteiger partial charge in [-0.2, -0.15) is 0 Å². The number of aliphatic carboxylic acids is 1. The molecule has 0 fully saturated rings. The molecule has 0 saturated carbocycles. The normalized spacial score (nSPS) is 28.8. The van der Waals surface area contributed by atoms with Crippen molar-refractivity contribution in [1.29, 1.82) is 0 Å². The van der Waals surface area contributed by atoms with Gasteiger partial charge in [0.1, 0.15) is 6.29 Å². The molecule has 1 rings (SSSR count). The third-order valence-corrected chi connectivity index (χ3v) is 3.39. The van der Waals surface area contributed by atoms with Gasteiger partial charge in [-0.3, -0.25) is 9.59 Å². The molecule has 0 amide bonds. The van der Waals surface area contributed by atoms with Crippen molar-refractivity contribution < 1.29 is 14.7 Å². The minimum atomic E-state index is -0.827. The Balaban J connectivity index is 2.92. The number of allylic oxidation sites excluding steroid dienone is 2. The van der Waals surface area contributed by atoms with Crippen molar-refractivity contribution in [2.75, 3.05) is 0 Å². The fourth-order valence-corrected chi connectivity index (χ4v) is 1.87. The van der Waals surface area contributed by atoms with Crippen molar-refractivity contribution in [2.45, 2.75) is 26.2 Å². The van der Waals surface area contributed by atoms with Gasteiger partial charge in [-0.05, 0) is 26.2 Å². The minimum absolute atomic E-state index is 0.326. The van der Waals surface area contributed by atoms with Crippen LogP contribution in [0.5, 0.6) is 0 Å². The van der Waals surface area contributed by atoms with E-state index in [4.69, 9.17) is 5.11 Å². The van der Waals surface area contributed by atoms with Crippen LogP contribution in [0.1, 0.15) is 26.2 Å². The van der Waals surface area contributed by atoms with Crippen molar-refractivity contribution in [3.63, 3.8) is 0 Å². The highest BCUT2D eigenvalue weighted by molar-refractivity contribution is 9.11. The maximum absolute atomic E-state index is 10.9. The third-order valence-electron chi connectivity index (χ3n) is 2.48. The van der Waals surface area contributed by atoms with Gasteiger partial charge in [-0.1, -0.05) is 15.9 Å². The highest BCUT2D eigenvalue weighted by Crippen LogP contribution is 2.40. The Bertz CT molecular complexity index is 283. The van der Waals surface area contributed by atoms with Crippen LogP contribution in [-0.2, 0) is 9.59 Å². The van der Waals surface area contributed by atoms with Crippen molar-refractivity contribution in [3.8, 4) is 0 Å². The fraction of sp³-hybridized carbons (Fsp3) is 0.556. The van der Waals surface area contributed by atoms with Crippen molar-refractivity contribution in [3.05, 3.63) is 10.1 Å². The smallest absolute Gasteiger partial charge is 0.309 e. The first-order valence-corrected chi connectivity index (χ1v) is 4.85. The van der Waals surface area contributed by atoms with Crippen LogP contribution in [-0.4, -0.2) is 17.4 Å². The molecule has 0 heterocycles. The first kappa shape index (κ1) is 10.4. The lowest BCUT2D eigenvalue weighted by molar-refractivity contribution is -0.148. The van der Waals surface area contributed by atoms with E-state index in [0.29, 0.717) is 24.8 Å². The van der Waals surface area contributed by atoms with Crippen LogP contribution in [0.15, 0.2) is 10.1 Å². The number of halogens is 1. The van der Waals surface area contributed by atoms with Gasteiger partial charge in [-0.15, -0.1) is 0 Å². The maximum atomic E-state index is 10.9. The van der Waals surface area contributed by atoms with Gasteiger partial charge in [-0.25, -0.2) is 0 Å². The highest BCUT2D eigenvalue weighted by atomic mass is 79.9. The molecule has 0 aromatic heterocycles. The van der Waals surface area contributed by atoms with Gasteiger partial charge in [0.15, 0.2) is 0 Å². The molecule has 0 bridgehead atoms. The fourth-order valence-electron chi connectivity index (χ4n) is 1.44. The lowest BCUT2D eigenvalue weighted by atomic mass is 9.76. The molecule has 0 spiro atoms. The van der Waals surface area contributed by atoms with E-state index in [2.05, 4.69) is 15.9 Å². The number of hydrogen-bond donors (Lipinski definition) is 1. The topological polar surface area (TPSA) is 54.4 Å². The lowest BCUT2D eigenvalue weighted by Gasteiger charge is -2.29. The summed E-state index contributed by atoms with van der Waals surface area (Å²) in [4.78, 5) is 21.5. The molecule has 0 saturated heterocycles. The molecule has 0 aliphatic heterocycles. The molecule has 3 nitrogen and oxygen atoms in total. The number of aldehydes is 1. The molecular formula is C9H11BrO3. The standard InChI is InChI=1S/C9H11BrO3/c1-9(8(12)13)3-2-7(10)6(4-9)5-11/h5H,2-4H2,1H3,(H,12,13). The van der Waals surface area contributed by atoms with E-state index in [1.54, 1.807) is 6.92 Å². The van der Waals surface area contributed by atoms with Crippen LogP contribution in [0.25, 0.3) is 0 Å². The molecule has 4 heteroatoms. The van der Waals surface area contributed by atoms with E-state index < -0.39 is 11.4 Å². The Hall–Kier alpha value is -0.640. The summed E-state index contributed by atoms with van der Waals surface area (Å²) in [5.74, 6) is -0.827. The van der Waals surface area contributed by atoms with Gasteiger partial charge >= 0.3 is 5.97 Å². The van der Waals surface area contributed by atoms with Crippen LogP contribution in [0.2, 0.25) is 0 Å². The molecule has 1 atom stereocenters. The molecule has 1 N–H and O–H groups in total. The summed E-state index contributed by atoms with van der Waals surface area (Å²) in [5.41, 5.74) is -0.191. The molecule has 72 valence electrons. The zero-order chi connectivity index (χ0) is 10.1. The average molecular weight is 247 g/mol. The monoisotopic (exact) mass is 246 g/mol. The highest BCUT2D eigenvalue weighted by Gasteiger charge is 2.37. The Kier molecular flexibility index (Phi) is 2.91. The average Bonchev–Trinajstić information content (AvgIpc) is 2.09. The minimum Gasteiger partial charge on any atom is -0.481 e. The van der Waals surface area contributed by atoms with E-state index in [-0.39, 0.29) is 0 Å². The first-order valence-electron chi connectivity index (χ1n) is 4.06. The number of carboxylic acids is 1. The number of carbonyl (C=O) groups excluding carboxylic acids is 1. The molecule has 0 aromatic rings. The molecule has 13 heavy (non-hydrogen) atoms. The Morgan fingerprint density at radius 3 is 2.77 bits per heavy atom. The summed E-state index contributed by atoms with van der Waals surface area (Å²) in [5, 5.41) is 8.94. The Labute approximate surface area is 84.9 Å². The van der Waals surface area contributed by atoms with Crippen molar-refractivity contribution in [2.24, 2.45) is 5.41 Å². The Morgan fingerprint density at radius 2 is 2.31 bits per heavy atom. The summed E-state index contributed by atoms with van der Waals surface area (Å²) in [7, 11) is 0. The number of hydrogen-bond acceptors (Lipinski definition) is 2. The zero-order valence-corrected chi connectivity index (χ0v) is 8.93. The summed E-state index contributed by atoms with van der Waals surface area (Å²) in [6.45, 7) is 1.68. The van der Waals surface area contributed by atoms with E-state index in [9.17, 15) is 9.59 Å². The molecule has 1 aliphatic rings. The summed E-state index contributed by atoms with van der Waals surface area (Å²) >= 11 is 3.27. The number of carboxylic acid groups (broad SMARTS) is 1. The van der Waals surface area contributed by atoms with Crippen LogP contribution in [0.3, 0.4) is 0 Å². The van der Waals surface area contributed by atoms with E-state index in [0.717, 1.165) is 10.8 Å². The molecule has 0 radical (unpaired) electrons. The molecule has 0 aromatic carbocycles. The van der Waals surface area contributed by atoms with Crippen molar-refractivity contribution >= 4 is 28.2 Å². The van der Waals surface area contributed by atoms with Crippen molar-refractivity contribution in [1.82, 2.24) is 0 Å². The zero-order valence-electron chi connectivity index (χ0n) is 7.34. The second-order valence-electron chi connectivity index (χ2n) is 3.59. The molecule has 1 unspecified atom stereocenters. The van der Waals surface area contributed by atoms with Crippen LogP contribution >= 0.6 is 15.9 Å². The van der Waals surface area contributed by atoms with Gasteiger partial charge < -0.3 is 5.11 Å². The second-order valence-corrected chi connectivity index (χ2v) is 4.55. The molecular weight excluding hydrogens is 236 g/mol. The predicted octanol–water partition coefficient (Wildman–Crippen LogP) is 2.11. The Morgan fingerprint density at radius 1 is 1.69 bits per heavy atom. The van der Waals surface area contributed by atoms with Crippen LogP contribution < -0.4 is 0 Å². The van der Waals surface area contributed by atoms with Gasteiger partial charge in [0.25, 0.3) is 0 Å². The quantitative estimate of drug-likeness (QED) is 0.760. The summed E-state index contributed by atoms with van der Waals surface area (Å²) < 4.78 is 0.848.